The van der Waals surface area contributed by atoms with Gasteiger partial charge in [0.25, 0.3) is 5.91 Å². The average molecular weight is 309 g/mol. The maximum absolute atomic E-state index is 12.2. The molecule has 1 amide bonds. The molecule has 0 unspecified atom stereocenters. The Labute approximate surface area is 125 Å². The smallest absolute Gasteiger partial charge is 0.337 e. The number of carboxylic acids is 1. The minimum absolute atomic E-state index is 0.0231. The lowest BCUT2D eigenvalue weighted by Crippen LogP contribution is -2.14. The number of anilines is 1. The normalized spacial score (nSPS) is 10.4. The van der Waals surface area contributed by atoms with Crippen LogP contribution in [0, 0.1) is 6.92 Å². The fourth-order valence-electron chi connectivity index (χ4n) is 1.91. The molecular formula is C14H13ClN2O4. The molecule has 1 aromatic heterocycles. The molecule has 110 valence electrons. The molecule has 0 atom stereocenters. The Balaban J connectivity index is 2.26. The van der Waals surface area contributed by atoms with Gasteiger partial charge in [-0.05, 0) is 31.5 Å². The van der Waals surface area contributed by atoms with E-state index in [1.807, 2.05) is 6.92 Å². The number of carbonyl (C=O) groups is 2. The molecule has 0 aliphatic carbocycles. The van der Waals surface area contributed by atoms with Gasteiger partial charge in [0.1, 0.15) is 11.3 Å². The fourth-order valence-corrected chi connectivity index (χ4v) is 2.17. The van der Waals surface area contributed by atoms with Crippen LogP contribution in [0.5, 0.6) is 0 Å². The number of nitrogens with zero attached hydrogens (tertiary/aromatic N) is 1. The van der Waals surface area contributed by atoms with Crippen LogP contribution in [0.1, 0.15) is 39.1 Å². The molecule has 0 aliphatic rings. The van der Waals surface area contributed by atoms with Gasteiger partial charge < -0.3 is 14.9 Å². The van der Waals surface area contributed by atoms with E-state index in [9.17, 15) is 9.59 Å². The predicted molar refractivity (Wildman–Crippen MR) is 77.0 cm³/mol. The van der Waals surface area contributed by atoms with Gasteiger partial charge in [0.2, 0.25) is 0 Å². The van der Waals surface area contributed by atoms with E-state index in [0.717, 1.165) is 0 Å². The van der Waals surface area contributed by atoms with Crippen molar-refractivity contribution < 1.29 is 19.2 Å². The highest BCUT2D eigenvalue weighted by Crippen LogP contribution is 2.22. The minimum Gasteiger partial charge on any atom is -0.478 e. The third-order valence-electron chi connectivity index (χ3n) is 2.95. The third-order valence-corrected chi connectivity index (χ3v) is 3.27. The molecular weight excluding hydrogens is 296 g/mol. The molecule has 21 heavy (non-hydrogen) atoms. The first-order valence-electron chi connectivity index (χ1n) is 6.23. The minimum atomic E-state index is -1.12. The van der Waals surface area contributed by atoms with Crippen LogP contribution in [-0.2, 0) is 6.42 Å². The Hall–Kier alpha value is -2.34. The number of benzene rings is 1. The van der Waals surface area contributed by atoms with Crippen LogP contribution < -0.4 is 5.32 Å². The number of carbonyl (C=O) groups excluding carboxylic acids is 1. The number of nitrogens with one attached hydrogen (secondary N) is 1. The SMILES string of the molecule is CCc1noc(C)c1C(=O)Nc1ccc(C(=O)O)c(Cl)c1. The van der Waals surface area contributed by atoms with Crippen molar-refractivity contribution in [3.05, 3.63) is 45.8 Å². The second-order valence-corrected chi connectivity index (χ2v) is 4.78. The van der Waals surface area contributed by atoms with Crippen molar-refractivity contribution in [1.82, 2.24) is 5.16 Å². The Morgan fingerprint density at radius 3 is 2.71 bits per heavy atom. The van der Waals surface area contributed by atoms with E-state index in [-0.39, 0.29) is 16.5 Å². The van der Waals surface area contributed by atoms with Crippen molar-refractivity contribution in [3.8, 4) is 0 Å². The van der Waals surface area contributed by atoms with Gasteiger partial charge in [-0.25, -0.2) is 4.79 Å². The number of carboxylic acid groups (broad SMARTS) is 1. The molecule has 0 radical (unpaired) electrons. The van der Waals surface area contributed by atoms with E-state index in [1.54, 1.807) is 6.92 Å². The summed E-state index contributed by atoms with van der Waals surface area (Å²) >= 11 is 5.86. The molecule has 1 heterocycles. The van der Waals surface area contributed by atoms with Crippen LogP contribution in [0.15, 0.2) is 22.7 Å². The summed E-state index contributed by atoms with van der Waals surface area (Å²) in [4.78, 5) is 23.1. The highest BCUT2D eigenvalue weighted by molar-refractivity contribution is 6.33. The Kier molecular flexibility index (Phi) is 4.28. The molecule has 2 rings (SSSR count). The van der Waals surface area contributed by atoms with Gasteiger partial charge in [0.15, 0.2) is 0 Å². The van der Waals surface area contributed by atoms with Crippen LogP contribution in [-0.4, -0.2) is 22.1 Å². The van der Waals surface area contributed by atoms with Gasteiger partial charge in [-0.2, -0.15) is 0 Å². The number of aryl methyl sites for hydroxylation is 2. The van der Waals surface area contributed by atoms with Crippen LogP contribution in [0.3, 0.4) is 0 Å². The molecule has 2 N–H and O–H groups in total. The zero-order valence-corrected chi connectivity index (χ0v) is 12.2. The lowest BCUT2D eigenvalue weighted by Gasteiger charge is -2.07. The van der Waals surface area contributed by atoms with E-state index in [0.29, 0.717) is 29.1 Å². The predicted octanol–water partition coefficient (Wildman–Crippen LogP) is 3.15. The molecule has 2 aromatic rings. The zero-order chi connectivity index (χ0) is 15.6. The number of aromatic carboxylic acids is 1. The van der Waals surface area contributed by atoms with Crippen LogP contribution >= 0.6 is 11.6 Å². The molecule has 0 bridgehead atoms. The number of hydrogen-bond donors (Lipinski definition) is 2. The van der Waals surface area contributed by atoms with Gasteiger partial charge in [0.05, 0.1) is 16.3 Å². The van der Waals surface area contributed by atoms with Crippen LogP contribution in [0.4, 0.5) is 5.69 Å². The number of hydrogen-bond acceptors (Lipinski definition) is 4. The number of amides is 1. The van der Waals surface area contributed by atoms with Gasteiger partial charge in [-0.15, -0.1) is 0 Å². The van der Waals surface area contributed by atoms with E-state index < -0.39 is 5.97 Å². The first-order valence-corrected chi connectivity index (χ1v) is 6.61. The van der Waals surface area contributed by atoms with Crippen molar-refractivity contribution in [3.63, 3.8) is 0 Å². The molecule has 0 spiro atoms. The molecule has 0 saturated heterocycles. The zero-order valence-electron chi connectivity index (χ0n) is 11.4. The maximum Gasteiger partial charge on any atom is 0.337 e. The molecule has 1 aromatic carbocycles. The monoisotopic (exact) mass is 308 g/mol. The average Bonchev–Trinajstić information content (AvgIpc) is 2.79. The number of halogens is 1. The number of rotatable bonds is 4. The quantitative estimate of drug-likeness (QED) is 0.905. The summed E-state index contributed by atoms with van der Waals surface area (Å²) in [6.45, 7) is 3.52. The molecule has 6 nitrogen and oxygen atoms in total. The Morgan fingerprint density at radius 1 is 1.43 bits per heavy atom. The largest absolute Gasteiger partial charge is 0.478 e. The first-order chi connectivity index (χ1) is 9.93. The van der Waals surface area contributed by atoms with Crippen LogP contribution in [0.25, 0.3) is 0 Å². The first kappa shape index (κ1) is 15.1. The highest BCUT2D eigenvalue weighted by Gasteiger charge is 2.19. The van der Waals surface area contributed by atoms with Crippen molar-refractivity contribution in [1.29, 1.82) is 0 Å². The summed E-state index contributed by atoms with van der Waals surface area (Å²) < 4.78 is 5.01. The van der Waals surface area contributed by atoms with Crippen molar-refractivity contribution in [2.45, 2.75) is 20.3 Å². The van der Waals surface area contributed by atoms with E-state index >= 15 is 0 Å². The van der Waals surface area contributed by atoms with Crippen molar-refractivity contribution in [2.24, 2.45) is 0 Å². The Morgan fingerprint density at radius 2 is 2.14 bits per heavy atom. The lowest BCUT2D eigenvalue weighted by atomic mass is 10.1. The van der Waals surface area contributed by atoms with Gasteiger partial charge >= 0.3 is 5.97 Å². The summed E-state index contributed by atoms with van der Waals surface area (Å²) in [5.74, 6) is -1.07. The lowest BCUT2D eigenvalue weighted by molar-refractivity contribution is 0.0697. The summed E-state index contributed by atoms with van der Waals surface area (Å²) in [6.07, 6.45) is 0.568. The van der Waals surface area contributed by atoms with Crippen molar-refractivity contribution >= 4 is 29.2 Å². The third kappa shape index (κ3) is 3.05. The molecule has 0 aliphatic heterocycles. The molecule has 7 heteroatoms. The van der Waals surface area contributed by atoms with Gasteiger partial charge in [-0.1, -0.05) is 23.7 Å². The fraction of sp³-hybridized carbons (Fsp3) is 0.214. The standard InChI is InChI=1S/C14H13ClN2O4/c1-3-11-12(7(2)21-17-11)13(18)16-8-4-5-9(14(19)20)10(15)6-8/h4-6H,3H2,1-2H3,(H,16,18)(H,19,20). The van der Waals surface area contributed by atoms with Gasteiger partial charge in [-0.3, -0.25) is 4.79 Å². The topological polar surface area (TPSA) is 92.4 Å². The maximum atomic E-state index is 12.2. The van der Waals surface area contributed by atoms with Crippen LogP contribution in [0.2, 0.25) is 5.02 Å². The number of aromatic nitrogens is 1. The summed E-state index contributed by atoms with van der Waals surface area (Å²) in [5, 5.41) is 15.4. The molecule has 0 fully saturated rings. The van der Waals surface area contributed by atoms with Crippen molar-refractivity contribution in [2.75, 3.05) is 5.32 Å². The summed E-state index contributed by atoms with van der Waals surface area (Å²) in [6, 6.07) is 4.19. The summed E-state index contributed by atoms with van der Waals surface area (Å²) in [7, 11) is 0. The van der Waals surface area contributed by atoms with Gasteiger partial charge in [0, 0.05) is 5.69 Å². The highest BCUT2D eigenvalue weighted by atomic mass is 35.5. The summed E-state index contributed by atoms with van der Waals surface area (Å²) in [5.41, 5.74) is 1.33. The van der Waals surface area contributed by atoms with E-state index in [2.05, 4.69) is 10.5 Å². The second-order valence-electron chi connectivity index (χ2n) is 4.37. The van der Waals surface area contributed by atoms with E-state index in [4.69, 9.17) is 21.2 Å². The van der Waals surface area contributed by atoms with E-state index in [1.165, 1.54) is 18.2 Å². The Bertz CT molecular complexity index is 709. The second kappa shape index (κ2) is 5.97. The molecule has 0 saturated carbocycles.